The van der Waals surface area contributed by atoms with Crippen LogP contribution in [-0.2, 0) is 9.59 Å². The Labute approximate surface area is 193 Å². The Bertz CT molecular complexity index is 1320. The molecule has 6 nitrogen and oxygen atoms in total. The molecule has 1 aliphatic heterocycles. The Kier molecular flexibility index (Phi) is 5.54. The Morgan fingerprint density at radius 3 is 2.00 bits per heavy atom. The lowest BCUT2D eigenvalue weighted by molar-refractivity contribution is -0.122. The van der Waals surface area contributed by atoms with Crippen molar-refractivity contribution in [1.29, 1.82) is 0 Å². The van der Waals surface area contributed by atoms with Crippen LogP contribution in [-0.4, -0.2) is 22.4 Å². The summed E-state index contributed by atoms with van der Waals surface area (Å²) in [5, 5.41) is 2.29. The van der Waals surface area contributed by atoms with Gasteiger partial charge in [-0.1, -0.05) is 35.4 Å². The maximum atomic E-state index is 13.2. The molecule has 4 amide bonds. The molecule has 2 heterocycles. The van der Waals surface area contributed by atoms with Crippen LogP contribution in [0, 0.1) is 41.5 Å². The van der Waals surface area contributed by atoms with Gasteiger partial charge in [-0.2, -0.15) is 0 Å². The van der Waals surface area contributed by atoms with Gasteiger partial charge in [0.25, 0.3) is 11.8 Å². The fourth-order valence-electron chi connectivity index (χ4n) is 4.54. The molecule has 1 fully saturated rings. The van der Waals surface area contributed by atoms with E-state index in [4.69, 9.17) is 0 Å². The number of aryl methyl sites for hydroxylation is 5. The summed E-state index contributed by atoms with van der Waals surface area (Å²) in [5.41, 5.74) is 8.59. The number of hydrogen-bond donors (Lipinski definition) is 1. The van der Waals surface area contributed by atoms with E-state index in [0.29, 0.717) is 5.69 Å². The summed E-state index contributed by atoms with van der Waals surface area (Å²) in [5.74, 6) is -1.33. The van der Waals surface area contributed by atoms with Crippen LogP contribution in [0.15, 0.2) is 48.0 Å². The van der Waals surface area contributed by atoms with Crippen molar-refractivity contribution in [3.8, 4) is 5.69 Å². The number of amides is 4. The smallest absolute Gasteiger partial charge is 0.317 e. The third-order valence-electron chi connectivity index (χ3n) is 6.02. The molecule has 1 aliphatic rings. The number of nitrogens with one attached hydrogen (secondary N) is 1. The zero-order valence-corrected chi connectivity index (χ0v) is 19.7. The number of hydrogen-bond acceptors (Lipinski definition) is 3. The first-order chi connectivity index (χ1) is 15.6. The molecule has 0 aliphatic carbocycles. The van der Waals surface area contributed by atoms with Crippen LogP contribution in [0.25, 0.3) is 11.8 Å². The number of aromatic nitrogens is 1. The van der Waals surface area contributed by atoms with Crippen LogP contribution in [0.4, 0.5) is 10.5 Å². The number of nitrogens with zero attached hydrogens (tertiary/aromatic N) is 2. The lowest BCUT2D eigenvalue weighted by Crippen LogP contribution is -2.54. The van der Waals surface area contributed by atoms with Gasteiger partial charge < -0.3 is 4.57 Å². The first-order valence-corrected chi connectivity index (χ1v) is 10.8. The third-order valence-corrected chi connectivity index (χ3v) is 6.02. The van der Waals surface area contributed by atoms with E-state index < -0.39 is 17.8 Å². The molecule has 0 saturated carbocycles. The summed E-state index contributed by atoms with van der Waals surface area (Å²) >= 11 is 0. The van der Waals surface area contributed by atoms with Crippen molar-refractivity contribution in [3.05, 3.63) is 87.2 Å². The molecule has 33 heavy (non-hydrogen) atoms. The number of benzene rings is 2. The van der Waals surface area contributed by atoms with Crippen molar-refractivity contribution in [1.82, 2.24) is 9.88 Å². The van der Waals surface area contributed by atoms with Gasteiger partial charge in [0, 0.05) is 11.4 Å². The summed E-state index contributed by atoms with van der Waals surface area (Å²) in [7, 11) is 0. The zero-order chi connectivity index (χ0) is 24.0. The normalized spacial score (nSPS) is 15.4. The van der Waals surface area contributed by atoms with Crippen molar-refractivity contribution >= 4 is 29.6 Å². The molecule has 0 atom stereocenters. The lowest BCUT2D eigenvalue weighted by Gasteiger charge is -2.26. The van der Waals surface area contributed by atoms with E-state index in [1.54, 1.807) is 18.2 Å². The Balaban J connectivity index is 1.80. The molecule has 0 spiro atoms. The fraction of sp³-hybridized carbons (Fsp3) is 0.222. The van der Waals surface area contributed by atoms with Gasteiger partial charge in [-0.3, -0.25) is 14.9 Å². The number of urea groups is 1. The predicted octanol–water partition coefficient (Wildman–Crippen LogP) is 4.99. The van der Waals surface area contributed by atoms with Crippen LogP contribution < -0.4 is 10.2 Å². The average molecular weight is 442 g/mol. The van der Waals surface area contributed by atoms with Crippen LogP contribution in [0.2, 0.25) is 0 Å². The number of anilines is 1. The van der Waals surface area contributed by atoms with Crippen molar-refractivity contribution in [2.45, 2.75) is 41.5 Å². The summed E-state index contributed by atoms with van der Waals surface area (Å²) in [6, 6.07) is 12.5. The van der Waals surface area contributed by atoms with Gasteiger partial charge in [-0.05, 0) is 82.5 Å². The fourth-order valence-corrected chi connectivity index (χ4v) is 4.54. The molecule has 0 unspecified atom stereocenters. The Morgan fingerprint density at radius 2 is 1.39 bits per heavy atom. The third kappa shape index (κ3) is 3.89. The van der Waals surface area contributed by atoms with Crippen LogP contribution in [0.3, 0.4) is 0 Å². The monoisotopic (exact) mass is 441 g/mol. The van der Waals surface area contributed by atoms with Gasteiger partial charge >= 0.3 is 6.03 Å². The van der Waals surface area contributed by atoms with Gasteiger partial charge in [-0.15, -0.1) is 0 Å². The SMILES string of the molecule is Cc1ccc(N2C(=O)NC(=O)/C(=C\c3cc(C)n(-c4c(C)cc(C)cc4C)c3C)C2=O)cc1. The second-order valence-corrected chi connectivity index (χ2v) is 8.70. The Morgan fingerprint density at radius 1 is 0.788 bits per heavy atom. The molecule has 168 valence electrons. The summed E-state index contributed by atoms with van der Waals surface area (Å²) in [6.07, 6.45) is 1.57. The van der Waals surface area contributed by atoms with Crippen LogP contribution in [0.1, 0.15) is 39.2 Å². The first kappa shape index (κ1) is 22.3. The van der Waals surface area contributed by atoms with E-state index in [1.165, 1.54) is 5.56 Å². The molecule has 6 heteroatoms. The molecular formula is C27H27N3O3. The van der Waals surface area contributed by atoms with Crippen LogP contribution in [0.5, 0.6) is 0 Å². The summed E-state index contributed by atoms with van der Waals surface area (Å²) < 4.78 is 2.14. The largest absolute Gasteiger partial charge is 0.335 e. The minimum atomic E-state index is -0.748. The zero-order valence-electron chi connectivity index (χ0n) is 19.7. The number of barbiturate groups is 1. The summed E-state index contributed by atoms with van der Waals surface area (Å²) in [6.45, 7) is 12.1. The molecule has 0 radical (unpaired) electrons. The Hall–Kier alpha value is -3.93. The molecule has 3 aromatic rings. The highest BCUT2D eigenvalue weighted by molar-refractivity contribution is 6.39. The molecular weight excluding hydrogens is 414 g/mol. The second-order valence-electron chi connectivity index (χ2n) is 8.70. The van der Waals surface area contributed by atoms with Gasteiger partial charge in [0.15, 0.2) is 0 Å². The number of carbonyl (C=O) groups is 3. The van der Waals surface area contributed by atoms with E-state index in [2.05, 4.69) is 42.8 Å². The molecule has 0 bridgehead atoms. The maximum absolute atomic E-state index is 13.2. The molecule has 2 aromatic carbocycles. The second kappa shape index (κ2) is 8.20. The predicted molar refractivity (Wildman–Crippen MR) is 130 cm³/mol. The van der Waals surface area contributed by atoms with E-state index >= 15 is 0 Å². The van der Waals surface area contributed by atoms with Gasteiger partial charge in [0.2, 0.25) is 0 Å². The van der Waals surface area contributed by atoms with Gasteiger partial charge in [-0.25, -0.2) is 9.69 Å². The van der Waals surface area contributed by atoms with E-state index in [9.17, 15) is 14.4 Å². The highest BCUT2D eigenvalue weighted by Crippen LogP contribution is 2.29. The quantitative estimate of drug-likeness (QED) is 0.460. The van der Waals surface area contributed by atoms with Gasteiger partial charge in [0.05, 0.1) is 11.4 Å². The molecule has 4 rings (SSSR count). The standard InChI is InChI=1S/C27H27N3O3/c1-15-7-9-22(10-8-15)30-26(32)23(25(31)28-27(30)33)14-21-13-19(5)29(20(21)6)24-17(3)11-16(2)12-18(24)4/h7-14H,1-6H3,(H,28,31,33)/b23-14+. The van der Waals surface area contributed by atoms with Crippen molar-refractivity contribution in [3.63, 3.8) is 0 Å². The maximum Gasteiger partial charge on any atom is 0.335 e. The van der Waals surface area contributed by atoms with Crippen molar-refractivity contribution in [2.75, 3.05) is 4.90 Å². The minimum absolute atomic E-state index is 0.0761. The van der Waals surface area contributed by atoms with Crippen LogP contribution >= 0.6 is 0 Å². The molecule has 1 N–H and O–H groups in total. The molecule has 1 saturated heterocycles. The number of rotatable bonds is 3. The highest BCUT2D eigenvalue weighted by Gasteiger charge is 2.37. The average Bonchev–Trinajstić information content (AvgIpc) is 2.99. The minimum Gasteiger partial charge on any atom is -0.317 e. The van der Waals surface area contributed by atoms with E-state index in [-0.39, 0.29) is 5.57 Å². The topological polar surface area (TPSA) is 71.4 Å². The highest BCUT2D eigenvalue weighted by atomic mass is 16.2. The van der Waals surface area contributed by atoms with E-state index in [1.807, 2.05) is 39.0 Å². The lowest BCUT2D eigenvalue weighted by atomic mass is 10.0. The van der Waals surface area contributed by atoms with E-state index in [0.717, 1.165) is 44.2 Å². The number of carbonyl (C=O) groups excluding carboxylic acids is 3. The van der Waals surface area contributed by atoms with Crippen molar-refractivity contribution < 1.29 is 14.4 Å². The summed E-state index contributed by atoms with van der Waals surface area (Å²) in [4.78, 5) is 39.3. The number of imide groups is 2. The molecule has 1 aromatic heterocycles. The van der Waals surface area contributed by atoms with Gasteiger partial charge in [0.1, 0.15) is 5.57 Å². The first-order valence-electron chi connectivity index (χ1n) is 10.8. The van der Waals surface area contributed by atoms with Crippen molar-refractivity contribution in [2.24, 2.45) is 0 Å².